The minimum absolute atomic E-state index is 0.105. The van der Waals surface area contributed by atoms with Crippen molar-refractivity contribution in [3.8, 4) is 11.5 Å². The molecule has 0 bridgehead atoms. The number of fused-ring (bicyclic) bond motifs is 1. The molecule has 1 atom stereocenters. The second-order valence-corrected chi connectivity index (χ2v) is 7.00. The zero-order chi connectivity index (χ0) is 20.8. The molecule has 1 heterocycles. The van der Waals surface area contributed by atoms with Crippen LogP contribution in [0.3, 0.4) is 0 Å². The van der Waals surface area contributed by atoms with Gasteiger partial charge in [-0.25, -0.2) is 0 Å². The first kappa shape index (κ1) is 20.7. The molecule has 0 saturated heterocycles. The van der Waals surface area contributed by atoms with Crippen molar-refractivity contribution in [1.82, 2.24) is 4.90 Å². The van der Waals surface area contributed by atoms with Gasteiger partial charge in [0, 0.05) is 17.4 Å². The second-order valence-electron chi connectivity index (χ2n) is 7.00. The minimum Gasteiger partial charge on any atom is -0.486 e. The van der Waals surface area contributed by atoms with Gasteiger partial charge in [-0.2, -0.15) is 0 Å². The maximum Gasteiger partial charge on any atom is 0.241 e. The van der Waals surface area contributed by atoms with Crippen molar-refractivity contribution in [3.63, 3.8) is 0 Å². The van der Waals surface area contributed by atoms with Gasteiger partial charge in [-0.15, -0.1) is 0 Å². The summed E-state index contributed by atoms with van der Waals surface area (Å²) in [5.41, 5.74) is 2.51. The highest BCUT2D eigenvalue weighted by Gasteiger charge is 2.21. The molecule has 0 fully saturated rings. The van der Waals surface area contributed by atoms with Crippen molar-refractivity contribution < 1.29 is 19.1 Å². The van der Waals surface area contributed by atoms with E-state index in [0.717, 1.165) is 17.7 Å². The van der Waals surface area contributed by atoms with E-state index in [4.69, 9.17) is 9.47 Å². The standard InChI is InChI=1S/C22H27N3O4/c1-4-16-7-5-6-8-18(16)24-21(26)14-25(3)15(2)22(27)23-17-9-10-19-20(13-17)29-12-11-28-19/h5-10,13,15H,4,11-12,14H2,1-3H3,(H,23,27)(H,24,26). The third kappa shape index (κ3) is 5.26. The zero-order valence-electron chi connectivity index (χ0n) is 17.0. The molecule has 2 aromatic rings. The van der Waals surface area contributed by atoms with E-state index in [1.54, 1.807) is 37.1 Å². The molecule has 0 spiro atoms. The number of amides is 2. The number of para-hydroxylation sites is 1. The Labute approximate surface area is 171 Å². The number of hydrogen-bond donors (Lipinski definition) is 2. The number of aryl methyl sites for hydroxylation is 1. The smallest absolute Gasteiger partial charge is 0.241 e. The van der Waals surface area contributed by atoms with E-state index in [1.165, 1.54) is 0 Å². The maximum atomic E-state index is 12.6. The van der Waals surface area contributed by atoms with Crippen LogP contribution in [-0.4, -0.2) is 49.6 Å². The van der Waals surface area contributed by atoms with E-state index in [-0.39, 0.29) is 18.4 Å². The molecule has 0 radical (unpaired) electrons. The van der Waals surface area contributed by atoms with Gasteiger partial charge in [-0.05, 0) is 44.2 Å². The quantitative estimate of drug-likeness (QED) is 0.751. The van der Waals surface area contributed by atoms with Crippen LogP contribution in [-0.2, 0) is 16.0 Å². The SMILES string of the molecule is CCc1ccccc1NC(=O)CN(C)C(C)C(=O)Nc1ccc2c(c1)OCCO2. The fraction of sp³-hybridized carbons (Fsp3) is 0.364. The van der Waals surface area contributed by atoms with Crippen LogP contribution in [0.1, 0.15) is 19.4 Å². The summed E-state index contributed by atoms with van der Waals surface area (Å²) in [7, 11) is 1.75. The van der Waals surface area contributed by atoms with Crippen molar-refractivity contribution >= 4 is 23.2 Å². The number of rotatable bonds is 7. The van der Waals surface area contributed by atoms with Crippen LogP contribution < -0.4 is 20.1 Å². The van der Waals surface area contributed by atoms with E-state index in [0.29, 0.717) is 30.4 Å². The molecule has 29 heavy (non-hydrogen) atoms. The van der Waals surface area contributed by atoms with Crippen LogP contribution in [0.15, 0.2) is 42.5 Å². The molecular weight excluding hydrogens is 370 g/mol. The molecule has 1 aliphatic heterocycles. The number of carbonyl (C=O) groups excluding carboxylic acids is 2. The molecule has 2 aromatic carbocycles. The number of hydrogen-bond acceptors (Lipinski definition) is 5. The summed E-state index contributed by atoms with van der Waals surface area (Å²) in [4.78, 5) is 26.7. The Balaban J connectivity index is 1.55. The van der Waals surface area contributed by atoms with Crippen LogP contribution in [0.4, 0.5) is 11.4 Å². The van der Waals surface area contributed by atoms with Crippen LogP contribution in [0.5, 0.6) is 11.5 Å². The van der Waals surface area contributed by atoms with Crippen molar-refractivity contribution in [2.75, 3.05) is 37.4 Å². The van der Waals surface area contributed by atoms with Gasteiger partial charge in [0.15, 0.2) is 11.5 Å². The number of nitrogens with one attached hydrogen (secondary N) is 2. The molecule has 0 aliphatic carbocycles. The molecule has 7 nitrogen and oxygen atoms in total. The van der Waals surface area contributed by atoms with Crippen molar-refractivity contribution in [2.24, 2.45) is 0 Å². The lowest BCUT2D eigenvalue weighted by molar-refractivity contribution is -0.122. The minimum atomic E-state index is -0.490. The molecule has 154 valence electrons. The molecule has 7 heteroatoms. The predicted molar refractivity (Wildman–Crippen MR) is 113 cm³/mol. The van der Waals surface area contributed by atoms with Crippen molar-refractivity contribution in [3.05, 3.63) is 48.0 Å². The van der Waals surface area contributed by atoms with Crippen LogP contribution in [0, 0.1) is 0 Å². The summed E-state index contributed by atoms with van der Waals surface area (Å²) < 4.78 is 11.0. The molecule has 1 aliphatic rings. The zero-order valence-corrected chi connectivity index (χ0v) is 17.0. The fourth-order valence-corrected chi connectivity index (χ4v) is 3.07. The Morgan fingerprint density at radius 1 is 1.07 bits per heavy atom. The van der Waals surface area contributed by atoms with E-state index >= 15 is 0 Å². The summed E-state index contributed by atoms with van der Waals surface area (Å²) in [6.45, 7) is 4.92. The maximum absolute atomic E-state index is 12.6. The van der Waals surface area contributed by atoms with E-state index in [9.17, 15) is 9.59 Å². The lowest BCUT2D eigenvalue weighted by Crippen LogP contribution is -2.43. The van der Waals surface area contributed by atoms with Gasteiger partial charge in [0.25, 0.3) is 0 Å². The van der Waals surface area contributed by atoms with Gasteiger partial charge in [-0.3, -0.25) is 14.5 Å². The van der Waals surface area contributed by atoms with Gasteiger partial charge in [-0.1, -0.05) is 25.1 Å². The molecule has 3 rings (SSSR count). The number of anilines is 2. The first-order chi connectivity index (χ1) is 14.0. The van der Waals surface area contributed by atoms with Crippen LogP contribution >= 0.6 is 0 Å². The summed E-state index contributed by atoms with van der Waals surface area (Å²) >= 11 is 0. The summed E-state index contributed by atoms with van der Waals surface area (Å²) in [5, 5.41) is 5.79. The third-order valence-electron chi connectivity index (χ3n) is 4.92. The first-order valence-corrected chi connectivity index (χ1v) is 9.76. The highest BCUT2D eigenvalue weighted by atomic mass is 16.6. The Bertz CT molecular complexity index is 884. The van der Waals surface area contributed by atoms with Gasteiger partial charge >= 0.3 is 0 Å². The Morgan fingerprint density at radius 2 is 1.79 bits per heavy atom. The van der Waals surface area contributed by atoms with Gasteiger partial charge in [0.05, 0.1) is 12.6 Å². The second kappa shape index (κ2) is 9.43. The number of likely N-dealkylation sites (N-methyl/N-ethyl adjacent to an activating group) is 1. The summed E-state index contributed by atoms with van der Waals surface area (Å²) in [6, 6.07) is 12.5. The first-order valence-electron chi connectivity index (χ1n) is 9.76. The number of benzene rings is 2. The van der Waals surface area contributed by atoms with E-state index in [2.05, 4.69) is 10.6 Å². The lowest BCUT2D eigenvalue weighted by atomic mass is 10.1. The largest absolute Gasteiger partial charge is 0.486 e. The Hall–Kier alpha value is -3.06. The Kier molecular flexibility index (Phi) is 6.72. The molecule has 0 saturated carbocycles. The van der Waals surface area contributed by atoms with Gasteiger partial charge in [0.1, 0.15) is 13.2 Å². The molecular formula is C22H27N3O4. The van der Waals surface area contributed by atoms with Crippen molar-refractivity contribution in [2.45, 2.75) is 26.3 Å². The summed E-state index contributed by atoms with van der Waals surface area (Å²) in [6.07, 6.45) is 0.834. The monoisotopic (exact) mass is 397 g/mol. The Morgan fingerprint density at radius 3 is 2.55 bits per heavy atom. The molecule has 2 N–H and O–H groups in total. The topological polar surface area (TPSA) is 79.9 Å². The summed E-state index contributed by atoms with van der Waals surface area (Å²) in [5.74, 6) is 0.922. The average Bonchev–Trinajstić information content (AvgIpc) is 2.73. The van der Waals surface area contributed by atoms with Crippen LogP contribution in [0.25, 0.3) is 0 Å². The highest BCUT2D eigenvalue weighted by Crippen LogP contribution is 2.32. The average molecular weight is 397 g/mol. The predicted octanol–water partition coefficient (Wildman–Crippen LogP) is 2.92. The fourth-order valence-electron chi connectivity index (χ4n) is 3.07. The number of nitrogens with zero attached hydrogens (tertiary/aromatic N) is 1. The highest BCUT2D eigenvalue weighted by molar-refractivity contribution is 5.96. The van der Waals surface area contributed by atoms with Crippen LogP contribution in [0.2, 0.25) is 0 Å². The molecule has 0 aromatic heterocycles. The van der Waals surface area contributed by atoms with Gasteiger partial charge < -0.3 is 20.1 Å². The molecule has 1 unspecified atom stereocenters. The molecule has 2 amide bonds. The van der Waals surface area contributed by atoms with E-state index < -0.39 is 6.04 Å². The van der Waals surface area contributed by atoms with Crippen molar-refractivity contribution in [1.29, 1.82) is 0 Å². The van der Waals surface area contributed by atoms with Gasteiger partial charge in [0.2, 0.25) is 11.8 Å². The normalized spacial score (nSPS) is 13.7. The number of ether oxygens (including phenoxy) is 2. The van der Waals surface area contributed by atoms with E-state index in [1.807, 2.05) is 31.2 Å². The number of carbonyl (C=O) groups is 2. The third-order valence-corrected chi connectivity index (χ3v) is 4.92. The lowest BCUT2D eigenvalue weighted by Gasteiger charge is -2.24.